The maximum atomic E-state index is 5.46. The zero-order chi connectivity index (χ0) is 17.1. The summed E-state index contributed by atoms with van der Waals surface area (Å²) in [5.74, 6) is 2.22. The van der Waals surface area contributed by atoms with Crippen LogP contribution in [0.25, 0.3) is 0 Å². The lowest BCUT2D eigenvalue weighted by Gasteiger charge is -2.30. The van der Waals surface area contributed by atoms with E-state index in [1.54, 1.807) is 14.2 Å². The molecule has 2 aromatic rings. The van der Waals surface area contributed by atoms with Gasteiger partial charge in [-0.3, -0.25) is 4.99 Å². The van der Waals surface area contributed by atoms with Gasteiger partial charge in [-0.05, 0) is 61.4 Å². The first kappa shape index (κ1) is 16.6. The fourth-order valence-corrected chi connectivity index (χ4v) is 3.50. The molecule has 0 fully saturated rings. The zero-order valence-corrected chi connectivity index (χ0v) is 14.9. The minimum absolute atomic E-state index is 0.265. The number of methoxy groups -OCH3 is 2. The zero-order valence-electron chi connectivity index (χ0n) is 14.9. The minimum Gasteiger partial charge on any atom is -0.497 e. The van der Waals surface area contributed by atoms with Gasteiger partial charge in [-0.25, -0.2) is 0 Å². The third-order valence-electron chi connectivity index (χ3n) is 4.79. The maximum Gasteiger partial charge on any atom is 0.119 e. The van der Waals surface area contributed by atoms with Crippen LogP contribution in [0.5, 0.6) is 11.5 Å². The number of hydrogen-bond donors (Lipinski definition) is 0. The van der Waals surface area contributed by atoms with E-state index in [1.165, 1.54) is 11.1 Å². The molecule has 3 rings (SSSR count). The first-order valence-corrected chi connectivity index (χ1v) is 8.58. The van der Waals surface area contributed by atoms with Gasteiger partial charge in [0.25, 0.3) is 0 Å². The van der Waals surface area contributed by atoms with Crippen LogP contribution in [0.1, 0.15) is 49.3 Å². The normalized spacial score (nSPS) is 19.4. The van der Waals surface area contributed by atoms with Gasteiger partial charge < -0.3 is 9.47 Å². The van der Waals surface area contributed by atoms with E-state index in [0.717, 1.165) is 35.6 Å². The Balaban J connectivity index is 2.09. The van der Waals surface area contributed by atoms with Crippen molar-refractivity contribution in [3.63, 3.8) is 0 Å². The summed E-state index contributed by atoms with van der Waals surface area (Å²) in [5, 5.41) is 0. The van der Waals surface area contributed by atoms with Crippen LogP contribution in [-0.4, -0.2) is 26.0 Å². The number of fused-ring (bicyclic) bond motifs is 1. The third-order valence-corrected chi connectivity index (χ3v) is 4.79. The quantitative estimate of drug-likeness (QED) is 0.789. The molecule has 0 radical (unpaired) electrons. The Morgan fingerprint density at radius 1 is 0.958 bits per heavy atom. The lowest BCUT2D eigenvalue weighted by Crippen LogP contribution is -2.25. The van der Waals surface area contributed by atoms with Gasteiger partial charge in [0.15, 0.2) is 0 Å². The summed E-state index contributed by atoms with van der Waals surface area (Å²) < 4.78 is 10.7. The molecule has 1 unspecified atom stereocenters. The summed E-state index contributed by atoms with van der Waals surface area (Å²) in [7, 11) is 3.41. The van der Waals surface area contributed by atoms with Crippen molar-refractivity contribution in [3.8, 4) is 11.5 Å². The van der Waals surface area contributed by atoms with Crippen LogP contribution in [0, 0.1) is 0 Å². The Hall–Kier alpha value is -2.29. The van der Waals surface area contributed by atoms with E-state index >= 15 is 0 Å². The summed E-state index contributed by atoms with van der Waals surface area (Å²) in [6.45, 7) is 4.45. The Labute approximate surface area is 144 Å². The van der Waals surface area contributed by atoms with Gasteiger partial charge in [-0.15, -0.1) is 0 Å². The number of ether oxygens (including phenoxy) is 2. The monoisotopic (exact) mass is 323 g/mol. The fourth-order valence-electron chi connectivity index (χ4n) is 3.50. The van der Waals surface area contributed by atoms with Crippen molar-refractivity contribution in [2.24, 2.45) is 4.99 Å². The van der Waals surface area contributed by atoms with Crippen LogP contribution in [0.3, 0.4) is 0 Å². The molecule has 3 heteroatoms. The van der Waals surface area contributed by atoms with Crippen molar-refractivity contribution in [1.82, 2.24) is 0 Å². The predicted octanol–water partition coefficient (Wildman–Crippen LogP) is 4.83. The summed E-state index contributed by atoms with van der Waals surface area (Å²) in [4.78, 5) is 5.04. The topological polar surface area (TPSA) is 30.8 Å². The highest BCUT2D eigenvalue weighted by atomic mass is 16.5. The van der Waals surface area contributed by atoms with Gasteiger partial charge in [0.1, 0.15) is 11.5 Å². The van der Waals surface area contributed by atoms with Gasteiger partial charge in [0.05, 0.1) is 26.0 Å². The van der Waals surface area contributed by atoms with E-state index < -0.39 is 0 Å². The predicted molar refractivity (Wildman–Crippen MR) is 98.7 cm³/mol. The average Bonchev–Trinajstić information content (AvgIpc) is 2.63. The first-order chi connectivity index (χ1) is 11.7. The van der Waals surface area contributed by atoms with Crippen LogP contribution < -0.4 is 9.47 Å². The maximum absolute atomic E-state index is 5.46. The summed E-state index contributed by atoms with van der Waals surface area (Å²) >= 11 is 0. The second-order valence-electron chi connectivity index (χ2n) is 6.30. The van der Waals surface area contributed by atoms with Crippen molar-refractivity contribution in [1.29, 1.82) is 0 Å². The molecule has 3 nitrogen and oxygen atoms in total. The Morgan fingerprint density at radius 2 is 1.62 bits per heavy atom. The highest BCUT2D eigenvalue weighted by Crippen LogP contribution is 2.37. The lowest BCUT2D eigenvalue weighted by molar-refractivity contribution is 0.412. The SMILES string of the molecule is CCC[C@@H]1c2cc(OC)ccc2C(c2ccc(OC)cc2)=NC1C. The molecule has 2 atom stereocenters. The van der Waals surface area contributed by atoms with Gasteiger partial charge in [-0.2, -0.15) is 0 Å². The Kier molecular flexibility index (Phi) is 4.89. The van der Waals surface area contributed by atoms with E-state index in [2.05, 4.69) is 38.1 Å². The number of benzene rings is 2. The number of aliphatic imine (C=N–C) groups is 1. The van der Waals surface area contributed by atoms with Gasteiger partial charge in [0.2, 0.25) is 0 Å². The van der Waals surface area contributed by atoms with Crippen LogP contribution in [0.15, 0.2) is 47.5 Å². The molecular weight excluding hydrogens is 298 g/mol. The number of hydrogen-bond acceptors (Lipinski definition) is 3. The van der Waals surface area contributed by atoms with Crippen LogP contribution in [0.2, 0.25) is 0 Å². The number of nitrogens with zero attached hydrogens (tertiary/aromatic N) is 1. The molecule has 0 bridgehead atoms. The fraction of sp³-hybridized carbons (Fsp3) is 0.381. The van der Waals surface area contributed by atoms with E-state index in [9.17, 15) is 0 Å². The lowest BCUT2D eigenvalue weighted by atomic mass is 9.80. The standard InChI is InChI=1S/C21H25NO2/c1-5-6-18-14(2)22-21(15-7-9-16(23-3)10-8-15)19-12-11-17(24-4)13-20(18)19/h7-14,18H,5-6H2,1-4H3/t14?,18-/m0/s1. The molecule has 0 spiro atoms. The van der Waals surface area contributed by atoms with Crippen LogP contribution in [0.4, 0.5) is 0 Å². The number of rotatable bonds is 5. The second-order valence-corrected chi connectivity index (χ2v) is 6.30. The van der Waals surface area contributed by atoms with Crippen molar-refractivity contribution in [2.75, 3.05) is 14.2 Å². The molecular formula is C21H25NO2. The molecule has 0 amide bonds. The van der Waals surface area contributed by atoms with Crippen molar-refractivity contribution in [2.45, 2.75) is 38.6 Å². The highest BCUT2D eigenvalue weighted by Gasteiger charge is 2.28. The summed E-state index contributed by atoms with van der Waals surface area (Å²) in [5.41, 5.74) is 4.77. The molecule has 0 N–H and O–H groups in total. The summed E-state index contributed by atoms with van der Waals surface area (Å²) in [6.07, 6.45) is 2.29. The summed E-state index contributed by atoms with van der Waals surface area (Å²) in [6, 6.07) is 14.8. The first-order valence-electron chi connectivity index (χ1n) is 8.58. The molecule has 0 saturated heterocycles. The molecule has 24 heavy (non-hydrogen) atoms. The van der Waals surface area contributed by atoms with Crippen LogP contribution >= 0.6 is 0 Å². The largest absolute Gasteiger partial charge is 0.497 e. The molecule has 0 aromatic heterocycles. The molecule has 126 valence electrons. The van der Waals surface area contributed by atoms with E-state index in [0.29, 0.717) is 5.92 Å². The third kappa shape index (κ3) is 3.03. The van der Waals surface area contributed by atoms with Gasteiger partial charge in [-0.1, -0.05) is 13.3 Å². The molecule has 1 heterocycles. The van der Waals surface area contributed by atoms with E-state index in [1.807, 2.05) is 18.2 Å². The van der Waals surface area contributed by atoms with Crippen molar-refractivity contribution < 1.29 is 9.47 Å². The minimum atomic E-state index is 0.265. The van der Waals surface area contributed by atoms with Crippen molar-refractivity contribution >= 4 is 5.71 Å². The average molecular weight is 323 g/mol. The van der Waals surface area contributed by atoms with Gasteiger partial charge in [0, 0.05) is 17.0 Å². The van der Waals surface area contributed by atoms with Gasteiger partial charge >= 0.3 is 0 Å². The molecule has 0 saturated carbocycles. The highest BCUT2D eigenvalue weighted by molar-refractivity contribution is 6.14. The molecule has 1 aliphatic rings. The van der Waals surface area contributed by atoms with E-state index in [-0.39, 0.29) is 6.04 Å². The van der Waals surface area contributed by atoms with Crippen LogP contribution in [-0.2, 0) is 0 Å². The molecule has 1 aliphatic heterocycles. The molecule has 0 aliphatic carbocycles. The second kappa shape index (κ2) is 7.08. The Morgan fingerprint density at radius 3 is 2.25 bits per heavy atom. The Bertz CT molecular complexity index is 734. The van der Waals surface area contributed by atoms with Crippen molar-refractivity contribution in [3.05, 3.63) is 59.2 Å². The smallest absolute Gasteiger partial charge is 0.119 e. The molecule has 2 aromatic carbocycles. The van der Waals surface area contributed by atoms with E-state index in [4.69, 9.17) is 14.5 Å².